The molecule has 4 heteroatoms. The van der Waals surface area contributed by atoms with Gasteiger partial charge in [-0.3, -0.25) is 10.1 Å². The molecular weight excluding hydrogens is 342 g/mol. The summed E-state index contributed by atoms with van der Waals surface area (Å²) in [6, 6.07) is 7.70. The average molecular weight is 356 g/mol. The minimum absolute atomic E-state index is 0.199. The molecule has 0 bridgehead atoms. The summed E-state index contributed by atoms with van der Waals surface area (Å²) in [6.07, 6.45) is 8.52. The van der Waals surface area contributed by atoms with Crippen LogP contribution in [0.25, 0.3) is 16.3 Å². The van der Waals surface area contributed by atoms with Crippen LogP contribution in [0.5, 0.6) is 0 Å². The second-order valence-electron chi connectivity index (χ2n) is 5.83. The van der Waals surface area contributed by atoms with Crippen molar-refractivity contribution in [2.75, 3.05) is 0 Å². The zero-order valence-corrected chi connectivity index (χ0v) is 13.5. The lowest BCUT2D eigenvalue weighted by atomic mass is 9.79. The number of benzene rings is 2. The number of hydrogen-bond acceptors (Lipinski definition) is 2. The molecule has 0 fully saturated rings. The van der Waals surface area contributed by atoms with Gasteiger partial charge in [0.1, 0.15) is 0 Å². The van der Waals surface area contributed by atoms with Gasteiger partial charge in [0.2, 0.25) is 0 Å². The molecule has 0 saturated heterocycles. The molecule has 3 nitrogen and oxygen atoms in total. The second-order valence-corrected chi connectivity index (χ2v) is 6.75. The Morgan fingerprint density at radius 2 is 2.00 bits per heavy atom. The van der Waals surface area contributed by atoms with Gasteiger partial charge in [-0.05, 0) is 53.8 Å². The van der Waals surface area contributed by atoms with E-state index in [1.165, 1.54) is 16.7 Å². The first-order chi connectivity index (χ1) is 10.6. The maximum atomic E-state index is 11.5. The third kappa shape index (κ3) is 2.02. The molecule has 0 amide bonds. The van der Waals surface area contributed by atoms with Gasteiger partial charge < -0.3 is 0 Å². The van der Waals surface area contributed by atoms with Gasteiger partial charge in [0.25, 0.3) is 5.69 Å². The summed E-state index contributed by atoms with van der Waals surface area (Å²) < 4.78 is 0.750. The summed E-state index contributed by atoms with van der Waals surface area (Å²) in [5.74, 6) is 0. The predicted molar refractivity (Wildman–Crippen MR) is 91.9 cm³/mol. The lowest BCUT2D eigenvalue weighted by Gasteiger charge is -2.25. The quantitative estimate of drug-likeness (QED) is 0.496. The minimum Gasteiger partial charge on any atom is -0.258 e. The number of aryl methyl sites for hydroxylation is 1. The molecule has 0 aliphatic heterocycles. The normalized spacial score (nSPS) is 16.6. The van der Waals surface area contributed by atoms with E-state index in [1.807, 2.05) is 12.1 Å². The smallest absolute Gasteiger partial charge is 0.258 e. The van der Waals surface area contributed by atoms with Crippen LogP contribution in [-0.4, -0.2) is 4.92 Å². The summed E-state index contributed by atoms with van der Waals surface area (Å²) in [4.78, 5) is 11.2. The summed E-state index contributed by atoms with van der Waals surface area (Å²) in [6.45, 7) is 0. The van der Waals surface area contributed by atoms with Crippen molar-refractivity contribution in [2.45, 2.75) is 25.7 Å². The Balaban J connectivity index is 2.07. The molecule has 22 heavy (non-hydrogen) atoms. The molecule has 2 aliphatic rings. The van der Waals surface area contributed by atoms with Gasteiger partial charge in [0, 0.05) is 10.5 Å². The molecule has 2 aromatic rings. The predicted octanol–water partition coefficient (Wildman–Crippen LogP) is 5.56. The Kier molecular flexibility index (Phi) is 3.15. The Morgan fingerprint density at radius 1 is 1.14 bits per heavy atom. The fourth-order valence-electron chi connectivity index (χ4n) is 3.66. The first-order valence-electron chi connectivity index (χ1n) is 7.43. The van der Waals surface area contributed by atoms with Crippen molar-refractivity contribution >= 4 is 38.0 Å². The molecule has 2 aromatic carbocycles. The van der Waals surface area contributed by atoms with Gasteiger partial charge in [-0.15, -0.1) is 0 Å². The van der Waals surface area contributed by atoms with E-state index >= 15 is 0 Å². The number of rotatable bonds is 1. The molecule has 0 heterocycles. The molecule has 4 rings (SSSR count). The molecule has 0 saturated carbocycles. The number of nitro groups is 1. The summed E-state index contributed by atoms with van der Waals surface area (Å²) >= 11 is 3.38. The third-order valence-electron chi connectivity index (χ3n) is 4.61. The molecule has 0 unspecified atom stereocenters. The van der Waals surface area contributed by atoms with Crippen molar-refractivity contribution in [3.05, 3.63) is 67.7 Å². The summed E-state index contributed by atoms with van der Waals surface area (Å²) in [5, 5.41) is 13.2. The van der Waals surface area contributed by atoms with Crippen LogP contribution in [0, 0.1) is 10.1 Å². The fourth-order valence-corrected chi connectivity index (χ4v) is 4.13. The van der Waals surface area contributed by atoms with Crippen molar-refractivity contribution in [1.29, 1.82) is 0 Å². The van der Waals surface area contributed by atoms with Gasteiger partial charge >= 0.3 is 0 Å². The van der Waals surface area contributed by atoms with E-state index in [0.29, 0.717) is 0 Å². The van der Waals surface area contributed by atoms with Gasteiger partial charge in [-0.2, -0.15) is 0 Å². The summed E-state index contributed by atoms with van der Waals surface area (Å²) in [7, 11) is 0. The molecule has 0 N–H and O–H groups in total. The average Bonchev–Trinajstić information content (AvgIpc) is 2.53. The van der Waals surface area contributed by atoms with Crippen LogP contribution in [-0.2, 0) is 6.42 Å². The Hall–Kier alpha value is -1.94. The van der Waals surface area contributed by atoms with Crippen LogP contribution in [0.1, 0.15) is 30.4 Å². The molecule has 0 spiro atoms. The van der Waals surface area contributed by atoms with Crippen LogP contribution >= 0.6 is 15.9 Å². The lowest BCUT2D eigenvalue weighted by Crippen LogP contribution is -2.08. The highest BCUT2D eigenvalue weighted by atomic mass is 79.9. The van der Waals surface area contributed by atoms with E-state index < -0.39 is 0 Å². The minimum atomic E-state index is -0.270. The molecule has 0 radical (unpaired) electrons. The zero-order valence-electron chi connectivity index (χ0n) is 11.9. The highest BCUT2D eigenvalue weighted by molar-refractivity contribution is 9.10. The number of halogens is 1. The van der Waals surface area contributed by atoms with Crippen LogP contribution in [0.2, 0.25) is 0 Å². The Labute approximate surface area is 136 Å². The first-order valence-corrected chi connectivity index (χ1v) is 8.23. The second kappa shape index (κ2) is 5.06. The number of non-ortho nitro benzene ring substituents is 1. The lowest BCUT2D eigenvalue weighted by molar-refractivity contribution is -0.383. The largest absolute Gasteiger partial charge is 0.278 e. The van der Waals surface area contributed by atoms with Crippen LogP contribution in [0.3, 0.4) is 0 Å². The van der Waals surface area contributed by atoms with Crippen molar-refractivity contribution in [1.82, 2.24) is 0 Å². The maximum Gasteiger partial charge on any atom is 0.278 e. The highest BCUT2D eigenvalue weighted by Gasteiger charge is 2.24. The molecule has 110 valence electrons. The van der Waals surface area contributed by atoms with Crippen molar-refractivity contribution < 1.29 is 4.92 Å². The number of fused-ring (bicyclic) bond motifs is 4. The van der Waals surface area contributed by atoms with Gasteiger partial charge in [-0.1, -0.05) is 45.8 Å². The fraction of sp³-hybridized carbons (Fsp3) is 0.222. The molecule has 0 atom stereocenters. The van der Waals surface area contributed by atoms with Gasteiger partial charge in [0.05, 0.1) is 10.3 Å². The Bertz CT molecular complexity index is 880. The van der Waals surface area contributed by atoms with Crippen molar-refractivity contribution in [3.8, 4) is 0 Å². The van der Waals surface area contributed by atoms with E-state index in [9.17, 15) is 10.1 Å². The molecule has 0 aromatic heterocycles. The first kappa shape index (κ1) is 13.7. The number of nitro benzene ring substituents is 1. The SMILES string of the molecule is O=[N+]([O-])c1cc(Br)cc2ccc3c(c12)CCC1=C3C=CCC1. The molecular formula is C18H14BrNO2. The van der Waals surface area contributed by atoms with E-state index in [2.05, 4.69) is 34.1 Å². The van der Waals surface area contributed by atoms with Crippen molar-refractivity contribution in [2.24, 2.45) is 0 Å². The monoisotopic (exact) mass is 355 g/mol. The number of hydrogen-bond donors (Lipinski definition) is 0. The van der Waals surface area contributed by atoms with Gasteiger partial charge in [0.15, 0.2) is 0 Å². The van der Waals surface area contributed by atoms with Crippen LogP contribution in [0.4, 0.5) is 5.69 Å². The number of nitrogens with zero attached hydrogens (tertiary/aromatic N) is 1. The van der Waals surface area contributed by atoms with E-state index in [1.54, 1.807) is 6.07 Å². The topological polar surface area (TPSA) is 43.1 Å². The van der Waals surface area contributed by atoms with Crippen LogP contribution in [0.15, 0.2) is 46.5 Å². The highest BCUT2D eigenvalue weighted by Crippen LogP contribution is 2.42. The zero-order chi connectivity index (χ0) is 15.3. The number of allylic oxidation sites excluding steroid dienone is 4. The third-order valence-corrected chi connectivity index (χ3v) is 5.07. The standard InChI is InChI=1S/C18H14BrNO2/c19-13-9-12-6-7-15-14-4-2-1-3-11(14)5-8-16(15)18(12)17(10-13)20(21)22/h2,4,6-7,9-10H,1,3,5,8H2. The molecule has 2 aliphatic carbocycles. The van der Waals surface area contributed by atoms with Crippen molar-refractivity contribution in [3.63, 3.8) is 0 Å². The van der Waals surface area contributed by atoms with E-state index in [4.69, 9.17) is 0 Å². The Morgan fingerprint density at radius 3 is 2.82 bits per heavy atom. The van der Waals surface area contributed by atoms with Gasteiger partial charge in [-0.25, -0.2) is 0 Å². The van der Waals surface area contributed by atoms with E-state index in [0.717, 1.165) is 46.5 Å². The van der Waals surface area contributed by atoms with E-state index in [-0.39, 0.29) is 10.6 Å². The summed E-state index contributed by atoms with van der Waals surface area (Å²) in [5.41, 5.74) is 5.28. The maximum absolute atomic E-state index is 11.5. The van der Waals surface area contributed by atoms with Crippen LogP contribution < -0.4 is 0 Å².